The van der Waals surface area contributed by atoms with Gasteiger partial charge in [-0.15, -0.1) is 0 Å². The Kier molecular flexibility index (Phi) is 62.4. The van der Waals surface area contributed by atoms with Gasteiger partial charge in [-0.2, -0.15) is 0 Å². The van der Waals surface area contributed by atoms with Crippen molar-refractivity contribution in [2.24, 2.45) is 0 Å². The Hall–Kier alpha value is -1.14. The molecule has 6 nitrogen and oxygen atoms in total. The summed E-state index contributed by atoms with van der Waals surface area (Å²) in [5, 5.41) is 23.2. The smallest absolute Gasteiger partial charge is 0.305 e. The number of esters is 1. The minimum Gasteiger partial charge on any atom is -0.466 e. The molecule has 0 aromatic carbocycles. The highest BCUT2D eigenvalue weighted by atomic mass is 16.5. The van der Waals surface area contributed by atoms with Crippen molar-refractivity contribution in [2.75, 3.05) is 13.2 Å². The van der Waals surface area contributed by atoms with Crippen molar-refractivity contribution in [3.63, 3.8) is 0 Å². The summed E-state index contributed by atoms with van der Waals surface area (Å²) in [4.78, 5) is 24.6. The lowest BCUT2D eigenvalue weighted by Crippen LogP contribution is -2.45. The van der Waals surface area contributed by atoms with E-state index in [4.69, 9.17) is 4.74 Å². The Bertz CT molecular complexity index is 1050. The van der Waals surface area contributed by atoms with Crippen LogP contribution in [0.3, 0.4) is 0 Å². The van der Waals surface area contributed by atoms with Crippen LogP contribution in [-0.4, -0.2) is 47.4 Å². The van der Waals surface area contributed by atoms with Crippen LogP contribution in [0, 0.1) is 0 Å². The minimum absolute atomic E-state index is 0.0228. The third kappa shape index (κ3) is 60.0. The fourth-order valence-corrected chi connectivity index (χ4v) is 11.0. The number of nitrogens with one attached hydrogen (secondary N) is 1. The van der Waals surface area contributed by atoms with Crippen LogP contribution < -0.4 is 5.32 Å². The molecule has 0 aliphatic rings. The van der Waals surface area contributed by atoms with Gasteiger partial charge in [-0.1, -0.05) is 354 Å². The molecule has 73 heavy (non-hydrogen) atoms. The second-order valence-corrected chi connectivity index (χ2v) is 23.5. The first-order valence-electron chi connectivity index (χ1n) is 33.8. The predicted octanol–water partition coefficient (Wildman–Crippen LogP) is 21.4. The molecule has 436 valence electrons. The van der Waals surface area contributed by atoms with Crippen molar-refractivity contribution in [1.82, 2.24) is 5.32 Å². The van der Waals surface area contributed by atoms with Gasteiger partial charge in [0.2, 0.25) is 5.91 Å². The van der Waals surface area contributed by atoms with Gasteiger partial charge in [-0.05, 0) is 25.7 Å². The summed E-state index contributed by atoms with van der Waals surface area (Å²) < 4.78 is 5.51. The van der Waals surface area contributed by atoms with Crippen molar-refractivity contribution in [2.45, 2.75) is 405 Å². The van der Waals surface area contributed by atoms with Gasteiger partial charge in [0.15, 0.2) is 0 Å². The molecule has 0 saturated carbocycles. The van der Waals surface area contributed by atoms with Crippen molar-refractivity contribution in [1.29, 1.82) is 0 Å². The number of unbranched alkanes of at least 4 members (excludes halogenated alkanes) is 53. The standard InChI is InChI=1S/C67H133NO5/c1-3-5-7-9-11-13-15-17-18-19-31-34-37-41-45-49-53-57-61-67(72)73-62-58-54-50-46-42-38-35-32-29-27-25-23-21-20-22-24-26-28-30-33-36-40-44-48-52-56-60-66(71)68-64(63-69)65(70)59-55-51-47-43-39-16-14-12-10-8-6-4-2/h64-65,69-70H,3-63H2,1-2H3,(H,68,71). The fourth-order valence-electron chi connectivity index (χ4n) is 11.0. The van der Waals surface area contributed by atoms with Crippen LogP contribution in [-0.2, 0) is 14.3 Å². The van der Waals surface area contributed by atoms with E-state index in [0.29, 0.717) is 25.9 Å². The molecule has 0 heterocycles. The van der Waals surface area contributed by atoms with Gasteiger partial charge in [0.1, 0.15) is 0 Å². The second kappa shape index (κ2) is 63.4. The monoisotopic (exact) mass is 1030 g/mol. The zero-order valence-corrected chi connectivity index (χ0v) is 49.9. The zero-order valence-electron chi connectivity index (χ0n) is 49.9. The molecule has 0 rings (SSSR count). The molecule has 0 fully saturated rings. The van der Waals surface area contributed by atoms with E-state index >= 15 is 0 Å². The molecule has 0 aromatic rings. The van der Waals surface area contributed by atoms with E-state index in [1.807, 2.05) is 0 Å². The molecule has 0 bridgehead atoms. The molecular weight excluding hydrogens is 899 g/mol. The number of ether oxygens (including phenoxy) is 1. The van der Waals surface area contributed by atoms with E-state index in [0.717, 1.165) is 38.5 Å². The number of aliphatic hydroxyl groups is 2. The summed E-state index contributed by atoms with van der Waals surface area (Å²) in [6.45, 7) is 4.99. The van der Waals surface area contributed by atoms with Crippen LogP contribution in [0.15, 0.2) is 0 Å². The van der Waals surface area contributed by atoms with Gasteiger partial charge in [0, 0.05) is 12.8 Å². The molecular formula is C67H133NO5. The van der Waals surface area contributed by atoms with E-state index in [1.54, 1.807) is 0 Å². The number of hydrogen-bond donors (Lipinski definition) is 3. The van der Waals surface area contributed by atoms with E-state index in [-0.39, 0.29) is 18.5 Å². The molecule has 2 atom stereocenters. The molecule has 0 aliphatic carbocycles. The summed E-state index contributed by atoms with van der Waals surface area (Å²) >= 11 is 0. The zero-order chi connectivity index (χ0) is 52.9. The lowest BCUT2D eigenvalue weighted by atomic mass is 10.0. The summed E-state index contributed by atoms with van der Waals surface area (Å²) in [6, 6.07) is -0.537. The lowest BCUT2D eigenvalue weighted by Gasteiger charge is -2.22. The highest BCUT2D eigenvalue weighted by Crippen LogP contribution is 2.19. The molecule has 0 spiro atoms. The first kappa shape index (κ1) is 71.9. The average molecular weight is 1030 g/mol. The van der Waals surface area contributed by atoms with Gasteiger partial charge >= 0.3 is 5.97 Å². The molecule has 0 saturated heterocycles. The number of carbonyl (C=O) groups is 2. The first-order valence-corrected chi connectivity index (χ1v) is 33.8. The molecule has 0 aromatic heterocycles. The molecule has 6 heteroatoms. The Morgan fingerprint density at radius 1 is 0.329 bits per heavy atom. The number of amides is 1. The molecule has 1 amide bonds. The van der Waals surface area contributed by atoms with Gasteiger partial charge < -0.3 is 20.3 Å². The fraction of sp³-hybridized carbons (Fsp3) is 0.970. The normalized spacial score (nSPS) is 12.4. The third-order valence-corrected chi connectivity index (χ3v) is 16.2. The average Bonchev–Trinajstić information content (AvgIpc) is 3.39. The maximum absolute atomic E-state index is 12.5. The van der Waals surface area contributed by atoms with E-state index in [1.165, 1.54) is 321 Å². The maximum Gasteiger partial charge on any atom is 0.305 e. The highest BCUT2D eigenvalue weighted by Gasteiger charge is 2.20. The minimum atomic E-state index is -0.660. The summed E-state index contributed by atoms with van der Waals surface area (Å²) in [7, 11) is 0. The van der Waals surface area contributed by atoms with Crippen LogP contribution in [0.25, 0.3) is 0 Å². The predicted molar refractivity (Wildman–Crippen MR) is 320 cm³/mol. The summed E-state index contributed by atoms with van der Waals surface area (Å²) in [6.07, 6.45) is 75.7. The van der Waals surface area contributed by atoms with Crippen LogP contribution >= 0.6 is 0 Å². The van der Waals surface area contributed by atoms with Crippen molar-refractivity contribution in [3.05, 3.63) is 0 Å². The van der Waals surface area contributed by atoms with Gasteiger partial charge in [0.25, 0.3) is 0 Å². The number of rotatable bonds is 64. The van der Waals surface area contributed by atoms with Gasteiger partial charge in [0.05, 0.1) is 25.4 Å². The van der Waals surface area contributed by atoms with Crippen molar-refractivity contribution < 1.29 is 24.5 Å². The number of carbonyl (C=O) groups excluding carboxylic acids is 2. The van der Waals surface area contributed by atoms with Gasteiger partial charge in [-0.25, -0.2) is 0 Å². The summed E-state index contributed by atoms with van der Waals surface area (Å²) in [5.41, 5.74) is 0. The van der Waals surface area contributed by atoms with E-state index < -0.39 is 12.1 Å². The third-order valence-electron chi connectivity index (χ3n) is 16.2. The highest BCUT2D eigenvalue weighted by molar-refractivity contribution is 5.76. The molecule has 2 unspecified atom stereocenters. The Labute approximate surface area is 457 Å². The van der Waals surface area contributed by atoms with Crippen LogP contribution in [0.5, 0.6) is 0 Å². The van der Waals surface area contributed by atoms with Crippen molar-refractivity contribution in [3.8, 4) is 0 Å². The lowest BCUT2D eigenvalue weighted by molar-refractivity contribution is -0.143. The Morgan fingerprint density at radius 2 is 0.562 bits per heavy atom. The molecule has 0 radical (unpaired) electrons. The SMILES string of the molecule is CCCCCCCCCCCCCCCCCCCCC(=O)OCCCCCCCCCCCCCCCCCCCCCCCCCCCCC(=O)NC(CO)C(O)CCCCCCCCCCCCCC. The largest absolute Gasteiger partial charge is 0.466 e. The number of hydrogen-bond acceptors (Lipinski definition) is 5. The van der Waals surface area contributed by atoms with Gasteiger partial charge in [-0.3, -0.25) is 9.59 Å². The Balaban J connectivity index is 3.30. The maximum atomic E-state index is 12.5. The first-order chi connectivity index (χ1) is 36.0. The molecule has 3 N–H and O–H groups in total. The summed E-state index contributed by atoms with van der Waals surface area (Å²) in [5.74, 6) is -0.00780. The van der Waals surface area contributed by atoms with E-state index in [9.17, 15) is 19.8 Å². The van der Waals surface area contributed by atoms with Crippen LogP contribution in [0.2, 0.25) is 0 Å². The quantitative estimate of drug-likeness (QED) is 0.0417. The Morgan fingerprint density at radius 3 is 0.836 bits per heavy atom. The molecule has 0 aliphatic heterocycles. The number of aliphatic hydroxyl groups excluding tert-OH is 2. The van der Waals surface area contributed by atoms with Crippen LogP contribution in [0.4, 0.5) is 0 Å². The second-order valence-electron chi connectivity index (χ2n) is 23.5. The van der Waals surface area contributed by atoms with Crippen molar-refractivity contribution >= 4 is 11.9 Å². The van der Waals surface area contributed by atoms with Crippen LogP contribution in [0.1, 0.15) is 393 Å². The topological polar surface area (TPSA) is 95.9 Å². The van der Waals surface area contributed by atoms with E-state index in [2.05, 4.69) is 19.2 Å².